The molecule has 0 unspecified atom stereocenters. The van der Waals surface area contributed by atoms with E-state index in [1.165, 1.54) is 10.8 Å². The molecule has 5 aromatic rings. The Balaban J connectivity index is 1.65. The Kier molecular flexibility index (Phi) is 2.69. The lowest BCUT2D eigenvalue weighted by atomic mass is 10.0. The molecule has 0 fully saturated rings. The van der Waals surface area contributed by atoms with Crippen molar-refractivity contribution in [3.8, 4) is 22.9 Å². The zero-order valence-corrected chi connectivity index (χ0v) is 12.6. The molecule has 0 amide bonds. The summed E-state index contributed by atoms with van der Waals surface area (Å²) in [6.07, 6.45) is 3.36. The Bertz CT molecular complexity index is 1120. The number of nitrogens with one attached hydrogen (secondary N) is 1. The third kappa shape index (κ3) is 1.97. The predicted octanol–water partition coefficient (Wildman–Crippen LogP) is 3.33. The van der Waals surface area contributed by atoms with Gasteiger partial charge in [-0.15, -0.1) is 5.10 Å². The monoisotopic (exact) mass is 312 g/mol. The third-order valence-electron chi connectivity index (χ3n) is 3.98. The van der Waals surface area contributed by atoms with Gasteiger partial charge in [0.15, 0.2) is 11.5 Å². The number of benzene rings is 2. The van der Waals surface area contributed by atoms with Crippen LogP contribution in [0.4, 0.5) is 0 Å². The molecular weight excluding hydrogens is 300 g/mol. The van der Waals surface area contributed by atoms with Crippen molar-refractivity contribution in [2.45, 2.75) is 0 Å². The van der Waals surface area contributed by atoms with Gasteiger partial charge in [-0.05, 0) is 16.8 Å². The molecule has 6 heteroatoms. The summed E-state index contributed by atoms with van der Waals surface area (Å²) in [7, 11) is 0. The normalized spacial score (nSPS) is 11.3. The largest absolute Gasteiger partial charge is 0.276 e. The zero-order chi connectivity index (χ0) is 15.9. The first-order valence-corrected chi connectivity index (χ1v) is 7.60. The van der Waals surface area contributed by atoms with E-state index in [2.05, 4.69) is 55.5 Å². The molecule has 3 aromatic heterocycles. The number of aromatic amines is 1. The van der Waals surface area contributed by atoms with E-state index in [9.17, 15) is 0 Å². The van der Waals surface area contributed by atoms with E-state index in [0.29, 0.717) is 11.6 Å². The van der Waals surface area contributed by atoms with E-state index < -0.39 is 0 Å². The summed E-state index contributed by atoms with van der Waals surface area (Å²) in [6, 6.07) is 18.3. The Labute approximate surface area is 136 Å². The first-order chi connectivity index (χ1) is 11.9. The van der Waals surface area contributed by atoms with Gasteiger partial charge >= 0.3 is 0 Å². The van der Waals surface area contributed by atoms with E-state index in [4.69, 9.17) is 0 Å². The van der Waals surface area contributed by atoms with Gasteiger partial charge in [0.1, 0.15) is 0 Å². The Hall–Kier alpha value is -3.54. The van der Waals surface area contributed by atoms with Crippen molar-refractivity contribution in [3.05, 3.63) is 67.0 Å². The van der Waals surface area contributed by atoms with Crippen LogP contribution in [0.5, 0.6) is 0 Å². The second-order valence-electron chi connectivity index (χ2n) is 5.47. The topological polar surface area (TPSA) is 71.8 Å². The maximum absolute atomic E-state index is 4.50. The highest BCUT2D eigenvalue weighted by molar-refractivity contribution is 5.96. The maximum Gasteiger partial charge on any atom is 0.221 e. The summed E-state index contributed by atoms with van der Waals surface area (Å²) < 4.78 is 1.66. The average molecular weight is 312 g/mol. The zero-order valence-electron chi connectivity index (χ0n) is 12.6. The SMILES string of the molecule is c1cnc(-c2nc3cc(-c4cccc5ccccc45)[nH]n3n2)nc1. The van der Waals surface area contributed by atoms with E-state index in [1.807, 2.05) is 18.2 Å². The van der Waals surface area contributed by atoms with E-state index >= 15 is 0 Å². The molecular formula is C18H12N6. The molecule has 114 valence electrons. The highest BCUT2D eigenvalue weighted by atomic mass is 15.5. The number of fused-ring (bicyclic) bond motifs is 2. The Morgan fingerprint density at radius 1 is 0.833 bits per heavy atom. The number of nitrogens with zero attached hydrogens (tertiary/aromatic N) is 5. The fourth-order valence-electron chi connectivity index (χ4n) is 2.88. The fourth-order valence-corrected chi connectivity index (χ4v) is 2.88. The van der Waals surface area contributed by atoms with Crippen molar-refractivity contribution in [2.24, 2.45) is 0 Å². The van der Waals surface area contributed by atoms with Gasteiger partial charge in [-0.3, -0.25) is 5.10 Å². The molecule has 6 nitrogen and oxygen atoms in total. The van der Waals surface area contributed by atoms with Gasteiger partial charge in [-0.2, -0.15) is 4.63 Å². The van der Waals surface area contributed by atoms with Crippen LogP contribution >= 0.6 is 0 Å². The third-order valence-corrected chi connectivity index (χ3v) is 3.98. The van der Waals surface area contributed by atoms with Crippen LogP contribution in [-0.2, 0) is 0 Å². The molecule has 3 heterocycles. The van der Waals surface area contributed by atoms with Gasteiger partial charge in [0, 0.05) is 24.0 Å². The molecule has 0 saturated heterocycles. The predicted molar refractivity (Wildman–Crippen MR) is 91.3 cm³/mol. The van der Waals surface area contributed by atoms with Gasteiger partial charge in [0.2, 0.25) is 5.82 Å². The van der Waals surface area contributed by atoms with Gasteiger partial charge in [0.25, 0.3) is 0 Å². The standard InChI is InChI=1S/C18H12N6/c1-2-7-13-12(5-1)6-3-8-14(13)15-11-16-21-18(23-24(16)22-15)17-19-9-4-10-20-17/h1-11,22H. The number of H-pyrrole nitrogens is 1. The van der Waals surface area contributed by atoms with Crippen molar-refractivity contribution >= 4 is 16.4 Å². The van der Waals surface area contributed by atoms with Crippen molar-refractivity contribution < 1.29 is 0 Å². The molecule has 0 saturated carbocycles. The molecule has 0 atom stereocenters. The van der Waals surface area contributed by atoms with Crippen LogP contribution in [-0.4, -0.2) is 29.8 Å². The first-order valence-electron chi connectivity index (χ1n) is 7.60. The number of rotatable bonds is 2. The van der Waals surface area contributed by atoms with Crippen LogP contribution in [0.3, 0.4) is 0 Å². The lowest BCUT2D eigenvalue weighted by molar-refractivity contribution is 0.825. The summed E-state index contributed by atoms with van der Waals surface area (Å²) in [6.45, 7) is 0. The molecule has 24 heavy (non-hydrogen) atoms. The van der Waals surface area contributed by atoms with E-state index in [0.717, 1.165) is 16.9 Å². The summed E-state index contributed by atoms with van der Waals surface area (Å²) in [5.41, 5.74) is 2.83. The highest BCUT2D eigenvalue weighted by Crippen LogP contribution is 2.28. The van der Waals surface area contributed by atoms with Crippen LogP contribution in [0.1, 0.15) is 0 Å². The molecule has 0 spiro atoms. The number of hydrogen-bond donors (Lipinski definition) is 1. The lowest BCUT2D eigenvalue weighted by Crippen LogP contribution is -1.92. The highest BCUT2D eigenvalue weighted by Gasteiger charge is 2.13. The summed E-state index contributed by atoms with van der Waals surface area (Å²) in [5, 5.41) is 10.1. The maximum atomic E-state index is 4.50. The van der Waals surface area contributed by atoms with Crippen molar-refractivity contribution in [2.75, 3.05) is 0 Å². The Morgan fingerprint density at radius 2 is 1.67 bits per heavy atom. The smallest absolute Gasteiger partial charge is 0.221 e. The molecule has 0 aliphatic heterocycles. The molecule has 0 aliphatic rings. The van der Waals surface area contributed by atoms with Crippen LogP contribution in [0.2, 0.25) is 0 Å². The van der Waals surface area contributed by atoms with Crippen molar-refractivity contribution in [1.29, 1.82) is 0 Å². The van der Waals surface area contributed by atoms with Crippen molar-refractivity contribution in [1.82, 2.24) is 29.8 Å². The molecule has 1 N–H and O–H groups in total. The fraction of sp³-hybridized carbons (Fsp3) is 0. The molecule has 0 radical (unpaired) electrons. The minimum atomic E-state index is 0.506. The second-order valence-corrected chi connectivity index (χ2v) is 5.47. The minimum absolute atomic E-state index is 0.506. The minimum Gasteiger partial charge on any atom is -0.276 e. The number of hydrogen-bond acceptors (Lipinski definition) is 4. The van der Waals surface area contributed by atoms with Gasteiger partial charge in [-0.25, -0.2) is 15.0 Å². The van der Waals surface area contributed by atoms with E-state index in [-0.39, 0.29) is 0 Å². The summed E-state index contributed by atoms with van der Waals surface area (Å²) >= 11 is 0. The lowest BCUT2D eigenvalue weighted by Gasteiger charge is -2.03. The summed E-state index contributed by atoms with van der Waals surface area (Å²) in [5.74, 6) is 1.02. The van der Waals surface area contributed by atoms with Crippen LogP contribution in [0.15, 0.2) is 67.0 Å². The second kappa shape index (κ2) is 4.99. The van der Waals surface area contributed by atoms with Gasteiger partial charge < -0.3 is 0 Å². The van der Waals surface area contributed by atoms with Crippen LogP contribution in [0, 0.1) is 0 Å². The van der Waals surface area contributed by atoms with Gasteiger partial charge in [-0.1, -0.05) is 42.5 Å². The van der Waals surface area contributed by atoms with Crippen LogP contribution in [0.25, 0.3) is 39.3 Å². The Morgan fingerprint density at radius 3 is 2.54 bits per heavy atom. The first kappa shape index (κ1) is 13.0. The molecule has 0 aliphatic carbocycles. The van der Waals surface area contributed by atoms with Crippen LogP contribution < -0.4 is 0 Å². The number of aromatic nitrogens is 6. The molecule has 2 aromatic carbocycles. The quantitative estimate of drug-likeness (QED) is 0.542. The molecule has 0 bridgehead atoms. The summed E-state index contributed by atoms with van der Waals surface area (Å²) in [4.78, 5) is 12.9. The average Bonchev–Trinajstić information content (AvgIpc) is 3.21. The van der Waals surface area contributed by atoms with Crippen molar-refractivity contribution in [3.63, 3.8) is 0 Å². The molecule has 5 rings (SSSR count). The van der Waals surface area contributed by atoms with Gasteiger partial charge in [0.05, 0.1) is 5.69 Å². The van der Waals surface area contributed by atoms with E-state index in [1.54, 1.807) is 23.1 Å².